The highest BCUT2D eigenvalue weighted by atomic mass is 32.2. The van der Waals surface area contributed by atoms with Crippen LogP contribution in [0.5, 0.6) is 0 Å². The molecule has 2 amide bonds. The topological polar surface area (TPSA) is 63.6 Å². The highest BCUT2D eigenvalue weighted by molar-refractivity contribution is 8.26. The normalized spacial score (nSPS) is 15.8. The molecule has 3 heterocycles. The number of hydrogen-bond acceptors (Lipinski definition) is 5. The second-order valence-corrected chi connectivity index (χ2v) is 7.93. The zero-order chi connectivity index (χ0) is 17.6. The molecule has 0 radical (unpaired) electrons. The monoisotopic (exact) mass is 390 g/mol. The van der Waals surface area contributed by atoms with Crippen LogP contribution in [0.3, 0.4) is 0 Å². The van der Waals surface area contributed by atoms with Gasteiger partial charge >= 0.3 is 5.91 Å². The summed E-state index contributed by atoms with van der Waals surface area (Å²) in [4.78, 5) is 30.6. The highest BCUT2D eigenvalue weighted by Crippen LogP contribution is 2.33. The number of rotatable bonds is 6. The Kier molecular flexibility index (Phi) is 5.95. The van der Waals surface area contributed by atoms with E-state index in [2.05, 4.69) is 10.3 Å². The predicted molar refractivity (Wildman–Crippen MR) is 105 cm³/mol. The summed E-state index contributed by atoms with van der Waals surface area (Å²) in [5, 5.41) is 4.75. The molecule has 0 saturated carbocycles. The van der Waals surface area contributed by atoms with E-state index in [-0.39, 0.29) is 11.8 Å². The summed E-state index contributed by atoms with van der Waals surface area (Å²) in [5.41, 5.74) is 0. The lowest BCUT2D eigenvalue weighted by Gasteiger charge is -2.13. The van der Waals surface area contributed by atoms with Gasteiger partial charge in [0, 0.05) is 17.5 Å². The van der Waals surface area contributed by atoms with Gasteiger partial charge in [-0.1, -0.05) is 36.1 Å². The Labute approximate surface area is 159 Å². The number of thiophene rings is 1. The minimum atomic E-state index is -0.0954. The van der Waals surface area contributed by atoms with Crippen molar-refractivity contribution in [1.82, 2.24) is 4.90 Å². The molecule has 2 N–H and O–H groups in total. The van der Waals surface area contributed by atoms with Gasteiger partial charge in [0.15, 0.2) is 0 Å². The van der Waals surface area contributed by atoms with Crippen molar-refractivity contribution in [3.63, 3.8) is 0 Å². The van der Waals surface area contributed by atoms with Gasteiger partial charge in [-0.2, -0.15) is 0 Å². The van der Waals surface area contributed by atoms with Gasteiger partial charge in [-0.15, -0.1) is 11.3 Å². The molecule has 128 valence electrons. The summed E-state index contributed by atoms with van der Waals surface area (Å²) in [6, 6.07) is 9.37. The number of amides is 2. The molecule has 1 aliphatic heterocycles. The standard InChI is InChI=1S/C17H15N3O2S3/c21-15(19-14-6-1-2-8-18-14)7-3-9-20-16(22)13(25-17(20)23)11-12-5-4-10-24-12/h1-2,4-6,8,10-11H,3,7,9H2,(H,18,19,21)/p+1. The van der Waals surface area contributed by atoms with Gasteiger partial charge in [0.2, 0.25) is 0 Å². The summed E-state index contributed by atoms with van der Waals surface area (Å²) in [5.74, 6) is 0.471. The molecule has 3 rings (SSSR count). The van der Waals surface area contributed by atoms with E-state index >= 15 is 0 Å². The summed E-state index contributed by atoms with van der Waals surface area (Å²) in [6.07, 6.45) is 4.48. The Morgan fingerprint density at radius 2 is 2.20 bits per heavy atom. The first-order valence-corrected chi connectivity index (χ1v) is 9.79. The van der Waals surface area contributed by atoms with Gasteiger partial charge in [-0.25, -0.2) is 15.1 Å². The Bertz CT molecular complexity index is 804. The molecule has 1 saturated heterocycles. The van der Waals surface area contributed by atoms with E-state index in [1.807, 2.05) is 35.7 Å². The first kappa shape index (κ1) is 17.8. The lowest BCUT2D eigenvalue weighted by molar-refractivity contribution is -0.360. The van der Waals surface area contributed by atoms with Gasteiger partial charge in [0.1, 0.15) is 4.32 Å². The molecule has 0 aliphatic carbocycles. The highest BCUT2D eigenvalue weighted by Gasteiger charge is 2.31. The number of nitrogens with one attached hydrogen (secondary N) is 2. The van der Waals surface area contributed by atoms with E-state index in [4.69, 9.17) is 12.2 Å². The van der Waals surface area contributed by atoms with Gasteiger partial charge in [0.05, 0.1) is 17.5 Å². The van der Waals surface area contributed by atoms with Crippen LogP contribution in [0, 0.1) is 0 Å². The molecule has 5 nitrogen and oxygen atoms in total. The van der Waals surface area contributed by atoms with Crippen molar-refractivity contribution in [2.24, 2.45) is 0 Å². The molecule has 0 spiro atoms. The van der Waals surface area contributed by atoms with Crippen LogP contribution in [-0.2, 0) is 9.59 Å². The molecule has 0 unspecified atom stereocenters. The Hall–Kier alpha value is -2.03. The number of carbonyl (C=O) groups excluding carboxylic acids is 2. The minimum Gasteiger partial charge on any atom is -0.293 e. The van der Waals surface area contributed by atoms with Crippen molar-refractivity contribution in [3.05, 3.63) is 51.7 Å². The number of hydrogen-bond donors (Lipinski definition) is 1. The minimum absolute atomic E-state index is 0.0831. The Morgan fingerprint density at radius 1 is 1.32 bits per heavy atom. The maximum atomic E-state index is 12.5. The van der Waals surface area contributed by atoms with Gasteiger partial charge in [0.25, 0.3) is 11.7 Å². The molecule has 8 heteroatoms. The molecule has 2 aromatic rings. The van der Waals surface area contributed by atoms with Crippen LogP contribution in [-0.4, -0.2) is 27.6 Å². The summed E-state index contributed by atoms with van der Waals surface area (Å²) >= 11 is 8.19. The average molecular weight is 391 g/mol. The molecule has 0 bridgehead atoms. The number of H-pyrrole nitrogens is 1. The lowest BCUT2D eigenvalue weighted by atomic mass is 10.2. The number of aromatic amines is 1. The first-order valence-electron chi connectivity index (χ1n) is 7.69. The van der Waals surface area contributed by atoms with Crippen molar-refractivity contribution in [1.29, 1.82) is 0 Å². The molecule has 1 fully saturated rings. The largest absolute Gasteiger partial charge is 0.307 e. The molecule has 25 heavy (non-hydrogen) atoms. The number of thioether (sulfide) groups is 1. The van der Waals surface area contributed by atoms with Crippen LogP contribution in [0.15, 0.2) is 46.8 Å². The third-order valence-corrected chi connectivity index (χ3v) is 5.66. The van der Waals surface area contributed by atoms with Crippen LogP contribution in [0.1, 0.15) is 17.7 Å². The second kappa shape index (κ2) is 8.37. The average Bonchev–Trinajstić information content (AvgIpc) is 3.19. The molecular formula is C17H16N3O2S3+. The molecule has 0 aromatic carbocycles. The SMILES string of the molecule is O=C(CCCN1C(=O)C(=Cc2cccs2)SC1=S)Nc1cccc[nH+]1. The summed E-state index contributed by atoms with van der Waals surface area (Å²) in [6.45, 7) is 0.443. The maximum Gasteiger partial charge on any atom is 0.307 e. The lowest BCUT2D eigenvalue weighted by Crippen LogP contribution is -2.30. The fourth-order valence-electron chi connectivity index (χ4n) is 2.28. The van der Waals surface area contributed by atoms with Crippen molar-refractivity contribution >= 4 is 63.3 Å². The maximum absolute atomic E-state index is 12.5. The first-order chi connectivity index (χ1) is 12.1. The van der Waals surface area contributed by atoms with E-state index in [0.29, 0.717) is 34.4 Å². The van der Waals surface area contributed by atoms with Crippen LogP contribution < -0.4 is 10.3 Å². The Balaban J connectivity index is 1.50. The molecular weight excluding hydrogens is 374 g/mol. The van der Waals surface area contributed by atoms with E-state index in [1.165, 1.54) is 11.8 Å². The molecule has 1 aliphatic rings. The number of anilines is 1. The van der Waals surface area contributed by atoms with Gasteiger partial charge in [-0.05, 0) is 30.0 Å². The van der Waals surface area contributed by atoms with Crippen molar-refractivity contribution < 1.29 is 14.6 Å². The molecule has 2 aromatic heterocycles. The zero-order valence-corrected chi connectivity index (χ0v) is 15.7. The smallest absolute Gasteiger partial charge is 0.293 e. The second-order valence-electron chi connectivity index (χ2n) is 5.28. The fraction of sp³-hybridized carbons (Fsp3) is 0.176. The number of pyridine rings is 1. The van der Waals surface area contributed by atoms with E-state index in [1.54, 1.807) is 28.5 Å². The third kappa shape index (κ3) is 4.75. The van der Waals surface area contributed by atoms with Crippen LogP contribution >= 0.6 is 35.3 Å². The van der Waals surface area contributed by atoms with Crippen LogP contribution in [0.25, 0.3) is 6.08 Å². The van der Waals surface area contributed by atoms with Crippen molar-refractivity contribution in [3.8, 4) is 0 Å². The quantitative estimate of drug-likeness (QED) is 0.608. The number of nitrogens with zero attached hydrogens (tertiary/aromatic N) is 1. The van der Waals surface area contributed by atoms with Gasteiger partial charge in [-0.3, -0.25) is 9.69 Å². The van der Waals surface area contributed by atoms with E-state index in [0.717, 1.165) is 4.88 Å². The third-order valence-electron chi connectivity index (χ3n) is 3.46. The Morgan fingerprint density at radius 3 is 2.92 bits per heavy atom. The number of thiocarbonyl (C=S) groups is 1. The van der Waals surface area contributed by atoms with Crippen LogP contribution in [0.4, 0.5) is 5.82 Å². The van der Waals surface area contributed by atoms with Gasteiger partial charge < -0.3 is 0 Å². The van der Waals surface area contributed by atoms with Crippen molar-refractivity contribution in [2.75, 3.05) is 11.9 Å². The summed E-state index contributed by atoms with van der Waals surface area (Å²) in [7, 11) is 0. The predicted octanol–water partition coefficient (Wildman–Crippen LogP) is 3.18. The van der Waals surface area contributed by atoms with E-state index < -0.39 is 0 Å². The van der Waals surface area contributed by atoms with E-state index in [9.17, 15) is 9.59 Å². The fourth-order valence-corrected chi connectivity index (χ4v) is 4.31. The summed E-state index contributed by atoms with van der Waals surface area (Å²) < 4.78 is 0.546. The molecule has 0 atom stereocenters. The number of carbonyl (C=O) groups is 2. The number of aromatic nitrogens is 1. The van der Waals surface area contributed by atoms with Crippen molar-refractivity contribution in [2.45, 2.75) is 12.8 Å². The van der Waals surface area contributed by atoms with Crippen LogP contribution in [0.2, 0.25) is 0 Å². The zero-order valence-electron chi connectivity index (χ0n) is 13.2.